The predicted octanol–water partition coefficient (Wildman–Crippen LogP) is 0.273. The molecule has 6 heteroatoms. The van der Waals surface area contributed by atoms with Crippen LogP contribution < -0.4 is 16.0 Å². The molecule has 0 spiro atoms. The number of carbonyl (C=O) groups is 2. The van der Waals surface area contributed by atoms with E-state index in [2.05, 4.69) is 16.4 Å². The van der Waals surface area contributed by atoms with Gasteiger partial charge in [-0.1, -0.05) is 0 Å². The minimum absolute atomic E-state index is 0.145. The molecule has 2 unspecified atom stereocenters. The monoisotopic (exact) mass is 301 g/mol. The number of anilines is 1. The van der Waals surface area contributed by atoms with E-state index >= 15 is 0 Å². The minimum Gasteiger partial charge on any atom is -0.368 e. The van der Waals surface area contributed by atoms with E-state index in [9.17, 15) is 9.59 Å². The maximum absolute atomic E-state index is 11.8. The van der Waals surface area contributed by atoms with Gasteiger partial charge in [0.1, 0.15) is 17.6 Å². The van der Waals surface area contributed by atoms with Crippen LogP contribution in [0.3, 0.4) is 0 Å². The zero-order valence-electron chi connectivity index (χ0n) is 12.5. The van der Waals surface area contributed by atoms with E-state index in [0.29, 0.717) is 25.3 Å². The molecule has 2 aliphatic rings. The van der Waals surface area contributed by atoms with Crippen LogP contribution >= 0.6 is 0 Å². The van der Waals surface area contributed by atoms with E-state index in [1.54, 1.807) is 12.3 Å². The first kappa shape index (κ1) is 15.0. The standard InChI is InChI=1S/C16H21N4O2/c17-16(22)13-9-12(19-10-14(21)11-4-5-11)6-8-20(13)15-3-1-2-7-18-15/h1,3,7,11-13,19H,4-6,8-10H2,(H2,17,22). The number of hydrogen-bond acceptors (Lipinski definition) is 5. The van der Waals surface area contributed by atoms with Crippen LogP contribution in [0.2, 0.25) is 0 Å². The Balaban J connectivity index is 1.60. The third-order valence-corrected chi connectivity index (χ3v) is 4.42. The molecule has 3 rings (SSSR count). The minimum atomic E-state index is -0.392. The lowest BCUT2D eigenvalue weighted by Crippen LogP contribution is -2.55. The Morgan fingerprint density at radius 2 is 2.23 bits per heavy atom. The fraction of sp³-hybridized carbons (Fsp3) is 0.562. The van der Waals surface area contributed by atoms with E-state index in [1.165, 1.54) is 0 Å². The van der Waals surface area contributed by atoms with E-state index in [4.69, 9.17) is 5.73 Å². The molecule has 117 valence electrons. The van der Waals surface area contributed by atoms with Crippen molar-refractivity contribution in [3.63, 3.8) is 0 Å². The smallest absolute Gasteiger partial charge is 0.240 e. The SMILES string of the molecule is NC(=O)C1CC(NCC(=O)C2CC2)CCN1c1cc[c]cn1. The number of Topliss-reactive ketones (excluding diaryl/α,β-unsaturated/α-hetero) is 1. The molecule has 1 radical (unpaired) electrons. The summed E-state index contributed by atoms with van der Waals surface area (Å²) >= 11 is 0. The normalized spacial score (nSPS) is 25.0. The van der Waals surface area contributed by atoms with Crippen molar-refractivity contribution in [3.8, 4) is 0 Å². The van der Waals surface area contributed by atoms with Crippen LogP contribution in [0.4, 0.5) is 5.82 Å². The predicted molar refractivity (Wildman–Crippen MR) is 82.2 cm³/mol. The van der Waals surface area contributed by atoms with Crippen LogP contribution in [0.25, 0.3) is 0 Å². The van der Waals surface area contributed by atoms with Crippen molar-refractivity contribution in [2.45, 2.75) is 37.8 Å². The number of nitrogens with zero attached hydrogens (tertiary/aromatic N) is 2. The molecule has 0 aromatic carbocycles. The van der Waals surface area contributed by atoms with Crippen molar-refractivity contribution in [3.05, 3.63) is 24.4 Å². The highest BCUT2D eigenvalue weighted by Crippen LogP contribution is 2.29. The van der Waals surface area contributed by atoms with Gasteiger partial charge in [-0.3, -0.25) is 9.59 Å². The van der Waals surface area contributed by atoms with Gasteiger partial charge in [0.2, 0.25) is 5.91 Å². The zero-order chi connectivity index (χ0) is 15.5. The summed E-state index contributed by atoms with van der Waals surface area (Å²) in [5.74, 6) is 0.951. The summed E-state index contributed by atoms with van der Waals surface area (Å²) in [7, 11) is 0. The third kappa shape index (κ3) is 3.44. The van der Waals surface area contributed by atoms with Gasteiger partial charge in [-0.15, -0.1) is 0 Å². The number of aromatic nitrogens is 1. The number of amides is 1. The largest absolute Gasteiger partial charge is 0.368 e. The lowest BCUT2D eigenvalue weighted by molar-refractivity contribution is -0.119. The number of nitrogens with one attached hydrogen (secondary N) is 1. The van der Waals surface area contributed by atoms with Crippen LogP contribution in [0.15, 0.2) is 18.3 Å². The molecule has 1 aliphatic heterocycles. The molecule has 3 N–H and O–H groups in total. The van der Waals surface area contributed by atoms with E-state index in [0.717, 1.165) is 25.1 Å². The molecule has 1 amide bonds. The van der Waals surface area contributed by atoms with Gasteiger partial charge < -0.3 is 16.0 Å². The maximum Gasteiger partial charge on any atom is 0.240 e. The molecule has 1 saturated carbocycles. The van der Waals surface area contributed by atoms with Crippen LogP contribution in [0.5, 0.6) is 0 Å². The molecule has 2 fully saturated rings. The molecular weight excluding hydrogens is 280 g/mol. The summed E-state index contributed by atoms with van der Waals surface area (Å²) in [6.45, 7) is 1.10. The van der Waals surface area contributed by atoms with Gasteiger partial charge in [-0.2, -0.15) is 0 Å². The Bertz CT molecular complexity index is 544. The molecule has 1 aromatic rings. The van der Waals surface area contributed by atoms with Crippen molar-refractivity contribution in [2.75, 3.05) is 18.0 Å². The van der Waals surface area contributed by atoms with Crippen molar-refractivity contribution in [1.29, 1.82) is 0 Å². The number of piperidine rings is 1. The molecule has 1 aromatic heterocycles. The maximum atomic E-state index is 11.8. The average molecular weight is 301 g/mol. The number of nitrogens with two attached hydrogens (primary N) is 1. The molecule has 2 atom stereocenters. The van der Waals surface area contributed by atoms with E-state index < -0.39 is 6.04 Å². The molecular formula is C16H21N4O2. The quantitative estimate of drug-likeness (QED) is 0.787. The van der Waals surface area contributed by atoms with Gasteiger partial charge in [-0.05, 0) is 37.8 Å². The van der Waals surface area contributed by atoms with Crippen LogP contribution in [0, 0.1) is 12.0 Å². The van der Waals surface area contributed by atoms with Crippen molar-refractivity contribution < 1.29 is 9.59 Å². The Morgan fingerprint density at radius 3 is 2.86 bits per heavy atom. The lowest BCUT2D eigenvalue weighted by atomic mass is 9.96. The van der Waals surface area contributed by atoms with Gasteiger partial charge in [-0.25, -0.2) is 4.98 Å². The Morgan fingerprint density at radius 1 is 1.41 bits per heavy atom. The first-order valence-electron chi connectivity index (χ1n) is 7.79. The van der Waals surface area contributed by atoms with Crippen LogP contribution in [0.1, 0.15) is 25.7 Å². The fourth-order valence-corrected chi connectivity index (χ4v) is 2.97. The average Bonchev–Trinajstić information content (AvgIpc) is 3.38. The summed E-state index contributed by atoms with van der Waals surface area (Å²) in [4.78, 5) is 29.8. The van der Waals surface area contributed by atoms with E-state index in [1.807, 2.05) is 11.0 Å². The summed E-state index contributed by atoms with van der Waals surface area (Å²) in [5.41, 5.74) is 5.56. The van der Waals surface area contributed by atoms with Gasteiger partial charge in [0.25, 0.3) is 0 Å². The summed E-state index contributed by atoms with van der Waals surface area (Å²) < 4.78 is 0. The molecule has 6 nitrogen and oxygen atoms in total. The second kappa shape index (κ2) is 6.44. The first-order valence-corrected chi connectivity index (χ1v) is 7.79. The number of carbonyl (C=O) groups excluding carboxylic acids is 2. The topological polar surface area (TPSA) is 88.3 Å². The Labute approximate surface area is 130 Å². The lowest BCUT2D eigenvalue weighted by Gasteiger charge is -2.38. The number of primary amides is 1. The van der Waals surface area contributed by atoms with E-state index in [-0.39, 0.29) is 17.9 Å². The number of pyridine rings is 1. The van der Waals surface area contributed by atoms with Crippen molar-refractivity contribution in [2.24, 2.45) is 11.7 Å². The molecule has 1 saturated heterocycles. The van der Waals surface area contributed by atoms with Gasteiger partial charge in [0.05, 0.1) is 6.54 Å². The Hall–Kier alpha value is -1.95. The van der Waals surface area contributed by atoms with Gasteiger partial charge in [0, 0.05) is 30.8 Å². The molecule has 22 heavy (non-hydrogen) atoms. The Kier molecular flexibility index (Phi) is 4.38. The third-order valence-electron chi connectivity index (χ3n) is 4.42. The molecule has 2 heterocycles. The van der Waals surface area contributed by atoms with Crippen LogP contribution in [-0.4, -0.2) is 41.8 Å². The number of ketones is 1. The molecule has 0 bridgehead atoms. The second-order valence-electron chi connectivity index (χ2n) is 6.07. The van der Waals surface area contributed by atoms with Gasteiger partial charge >= 0.3 is 0 Å². The number of rotatable bonds is 6. The highest BCUT2D eigenvalue weighted by atomic mass is 16.1. The van der Waals surface area contributed by atoms with Crippen molar-refractivity contribution in [1.82, 2.24) is 10.3 Å². The van der Waals surface area contributed by atoms with Crippen LogP contribution in [-0.2, 0) is 9.59 Å². The molecule has 1 aliphatic carbocycles. The zero-order valence-corrected chi connectivity index (χ0v) is 12.5. The first-order chi connectivity index (χ1) is 10.6. The van der Waals surface area contributed by atoms with Crippen molar-refractivity contribution >= 4 is 17.5 Å². The second-order valence-corrected chi connectivity index (χ2v) is 6.07. The highest BCUT2D eigenvalue weighted by Gasteiger charge is 2.34. The number of hydrogen-bond donors (Lipinski definition) is 2. The summed E-state index contributed by atoms with van der Waals surface area (Å²) in [5, 5.41) is 3.29. The highest BCUT2D eigenvalue weighted by molar-refractivity contribution is 5.85. The summed E-state index contributed by atoms with van der Waals surface area (Å²) in [6.07, 6.45) is 5.11. The fourth-order valence-electron chi connectivity index (χ4n) is 2.97. The van der Waals surface area contributed by atoms with Gasteiger partial charge in [0.15, 0.2) is 0 Å². The summed E-state index contributed by atoms with van der Waals surface area (Å²) in [6, 6.07) is 6.23.